The maximum absolute atomic E-state index is 13.6. The average Bonchev–Trinajstić information content (AvgIpc) is 2.90. The van der Waals surface area contributed by atoms with Crippen molar-refractivity contribution in [2.45, 2.75) is 32.9 Å². The fourth-order valence-corrected chi connectivity index (χ4v) is 4.80. The van der Waals surface area contributed by atoms with Crippen molar-refractivity contribution in [2.75, 3.05) is 23.7 Å². The molecule has 0 aromatic heterocycles. The quantitative estimate of drug-likeness (QED) is 0.317. The number of amides is 2. The summed E-state index contributed by atoms with van der Waals surface area (Å²) < 4.78 is 33.2. The fourth-order valence-electron chi connectivity index (χ4n) is 3.68. The summed E-state index contributed by atoms with van der Waals surface area (Å²) in [5.74, 6) is 0.375. The zero-order chi connectivity index (χ0) is 27.7. The predicted octanol–water partition coefficient (Wildman–Crippen LogP) is 4.95. The summed E-state index contributed by atoms with van der Waals surface area (Å²) in [7, 11) is -3.82. The molecule has 1 atom stereocenters. The predicted molar refractivity (Wildman–Crippen MR) is 153 cm³/mol. The second-order valence-corrected chi connectivity index (χ2v) is 11.6. The van der Waals surface area contributed by atoms with E-state index in [-0.39, 0.29) is 12.5 Å². The average molecular weight is 603 g/mol. The molecule has 3 rings (SSSR count). The maximum Gasteiger partial charge on any atom is 0.244 e. The Balaban J connectivity index is 1.84. The van der Waals surface area contributed by atoms with Gasteiger partial charge in [0.05, 0.1) is 11.9 Å². The largest absolute Gasteiger partial charge is 0.457 e. The topological polar surface area (TPSA) is 96.0 Å². The summed E-state index contributed by atoms with van der Waals surface area (Å²) in [4.78, 5) is 27.8. The van der Waals surface area contributed by atoms with Gasteiger partial charge in [-0.3, -0.25) is 13.9 Å². The molecule has 38 heavy (non-hydrogen) atoms. The number of nitrogens with zero attached hydrogens (tertiary/aromatic N) is 2. The summed E-state index contributed by atoms with van der Waals surface area (Å²) in [6, 6.07) is 22.3. The summed E-state index contributed by atoms with van der Waals surface area (Å²) >= 11 is 3.40. The van der Waals surface area contributed by atoms with Gasteiger partial charge in [0.15, 0.2) is 0 Å². The Hall–Kier alpha value is -3.37. The Kier molecular flexibility index (Phi) is 10.3. The number of hydrogen-bond acceptors (Lipinski definition) is 5. The fraction of sp³-hybridized carbons (Fsp3) is 0.286. The molecule has 1 N–H and O–H groups in total. The van der Waals surface area contributed by atoms with E-state index < -0.39 is 28.5 Å². The van der Waals surface area contributed by atoms with Crippen molar-refractivity contribution in [2.24, 2.45) is 0 Å². The first-order valence-electron chi connectivity index (χ1n) is 12.2. The molecule has 0 radical (unpaired) electrons. The third kappa shape index (κ3) is 8.32. The Labute approximate surface area is 232 Å². The van der Waals surface area contributed by atoms with Crippen molar-refractivity contribution < 1.29 is 22.7 Å². The van der Waals surface area contributed by atoms with Gasteiger partial charge in [-0.1, -0.05) is 53.2 Å². The van der Waals surface area contributed by atoms with Crippen molar-refractivity contribution in [1.29, 1.82) is 0 Å². The van der Waals surface area contributed by atoms with Crippen LogP contribution in [0.4, 0.5) is 5.69 Å². The minimum atomic E-state index is -3.82. The third-order valence-electron chi connectivity index (χ3n) is 5.77. The number of carbonyl (C=O) groups is 2. The van der Waals surface area contributed by atoms with Gasteiger partial charge in [0.2, 0.25) is 21.8 Å². The van der Waals surface area contributed by atoms with Gasteiger partial charge < -0.3 is 15.0 Å². The molecule has 0 heterocycles. The van der Waals surface area contributed by atoms with Crippen LogP contribution in [-0.4, -0.2) is 50.5 Å². The van der Waals surface area contributed by atoms with Crippen LogP contribution in [0.3, 0.4) is 0 Å². The molecule has 3 aromatic carbocycles. The summed E-state index contributed by atoms with van der Waals surface area (Å²) in [5.41, 5.74) is 1.12. The van der Waals surface area contributed by atoms with Crippen LogP contribution in [-0.2, 0) is 26.2 Å². The maximum atomic E-state index is 13.6. The normalized spacial score (nSPS) is 11.9. The molecule has 0 bridgehead atoms. The Morgan fingerprint density at radius 2 is 1.55 bits per heavy atom. The smallest absolute Gasteiger partial charge is 0.244 e. The lowest BCUT2D eigenvalue weighted by Crippen LogP contribution is -2.51. The van der Waals surface area contributed by atoms with E-state index in [1.165, 1.54) is 4.90 Å². The molecule has 3 aromatic rings. The third-order valence-corrected chi connectivity index (χ3v) is 7.43. The minimum Gasteiger partial charge on any atom is -0.457 e. The van der Waals surface area contributed by atoms with Crippen LogP contribution >= 0.6 is 15.9 Å². The number of ether oxygens (including phenoxy) is 1. The highest BCUT2D eigenvalue weighted by Crippen LogP contribution is 2.26. The molecule has 1 unspecified atom stereocenters. The van der Waals surface area contributed by atoms with Gasteiger partial charge in [-0.2, -0.15) is 0 Å². The second kappa shape index (κ2) is 13.4. The highest BCUT2D eigenvalue weighted by molar-refractivity contribution is 9.10. The van der Waals surface area contributed by atoms with Gasteiger partial charge in [-0.15, -0.1) is 0 Å². The molecular weight excluding hydrogens is 570 g/mol. The van der Waals surface area contributed by atoms with Crippen molar-refractivity contribution in [1.82, 2.24) is 10.2 Å². The van der Waals surface area contributed by atoms with Gasteiger partial charge in [0.25, 0.3) is 0 Å². The van der Waals surface area contributed by atoms with E-state index in [0.717, 1.165) is 27.0 Å². The molecule has 0 saturated carbocycles. The monoisotopic (exact) mass is 601 g/mol. The molecule has 0 fully saturated rings. The number of nitrogens with one attached hydrogen (secondary N) is 1. The van der Waals surface area contributed by atoms with Crippen molar-refractivity contribution in [3.63, 3.8) is 0 Å². The Bertz CT molecular complexity index is 1320. The van der Waals surface area contributed by atoms with E-state index in [1.54, 1.807) is 31.2 Å². The number of benzene rings is 3. The molecule has 202 valence electrons. The highest BCUT2D eigenvalue weighted by atomic mass is 79.9. The zero-order valence-electron chi connectivity index (χ0n) is 21.6. The lowest BCUT2D eigenvalue weighted by molar-refractivity contribution is -0.139. The number of halogens is 1. The summed E-state index contributed by atoms with van der Waals surface area (Å²) in [6.45, 7) is 3.75. The standard InChI is InChI=1S/C28H32BrN3O5S/c1-4-18-30-28(34)21(2)31(19-22-10-12-23(29)13-11-22)27(33)20-32(38(3,35)36)24-14-16-26(17-15-24)37-25-8-6-5-7-9-25/h5-17,21H,4,18-20H2,1-3H3,(H,30,34). The van der Waals surface area contributed by atoms with E-state index in [0.29, 0.717) is 23.7 Å². The molecular formula is C28H32BrN3O5S. The molecule has 0 aliphatic heterocycles. The highest BCUT2D eigenvalue weighted by Gasteiger charge is 2.30. The molecule has 0 spiro atoms. The number of sulfonamides is 1. The Morgan fingerprint density at radius 3 is 2.13 bits per heavy atom. The number of para-hydroxylation sites is 1. The Morgan fingerprint density at radius 1 is 0.947 bits per heavy atom. The van der Waals surface area contributed by atoms with Crippen molar-refractivity contribution in [3.05, 3.63) is 88.9 Å². The molecule has 0 saturated heterocycles. The van der Waals surface area contributed by atoms with Gasteiger partial charge in [0, 0.05) is 17.6 Å². The van der Waals surface area contributed by atoms with Gasteiger partial charge in [-0.05, 0) is 67.4 Å². The van der Waals surface area contributed by atoms with Crippen LogP contribution in [0.15, 0.2) is 83.3 Å². The molecule has 0 aliphatic carbocycles. The van der Waals surface area contributed by atoms with Crippen LogP contribution in [0.25, 0.3) is 0 Å². The van der Waals surface area contributed by atoms with Gasteiger partial charge in [0.1, 0.15) is 24.1 Å². The van der Waals surface area contributed by atoms with E-state index >= 15 is 0 Å². The summed E-state index contributed by atoms with van der Waals surface area (Å²) in [6.07, 6.45) is 1.80. The lowest BCUT2D eigenvalue weighted by atomic mass is 10.1. The SMILES string of the molecule is CCCNC(=O)C(C)N(Cc1ccc(Br)cc1)C(=O)CN(c1ccc(Oc2ccccc2)cc1)S(C)(=O)=O. The van der Waals surface area contributed by atoms with E-state index in [1.807, 2.05) is 61.5 Å². The number of carbonyl (C=O) groups excluding carboxylic acids is 2. The van der Waals surface area contributed by atoms with Crippen LogP contribution in [0, 0.1) is 0 Å². The number of hydrogen-bond donors (Lipinski definition) is 1. The van der Waals surface area contributed by atoms with E-state index in [4.69, 9.17) is 4.74 Å². The molecule has 0 aliphatic rings. The molecule has 10 heteroatoms. The van der Waals surface area contributed by atoms with Crippen LogP contribution in [0.2, 0.25) is 0 Å². The van der Waals surface area contributed by atoms with Crippen molar-refractivity contribution in [3.8, 4) is 11.5 Å². The van der Waals surface area contributed by atoms with Gasteiger partial charge in [-0.25, -0.2) is 8.42 Å². The lowest BCUT2D eigenvalue weighted by Gasteiger charge is -2.31. The number of rotatable bonds is 12. The second-order valence-electron chi connectivity index (χ2n) is 8.79. The van der Waals surface area contributed by atoms with E-state index in [9.17, 15) is 18.0 Å². The number of anilines is 1. The molecule has 2 amide bonds. The minimum absolute atomic E-state index is 0.147. The van der Waals surface area contributed by atoms with Crippen LogP contribution in [0.1, 0.15) is 25.8 Å². The van der Waals surface area contributed by atoms with Gasteiger partial charge >= 0.3 is 0 Å². The molecule has 8 nitrogen and oxygen atoms in total. The summed E-state index contributed by atoms with van der Waals surface area (Å²) in [5, 5.41) is 2.82. The first kappa shape index (κ1) is 29.2. The van der Waals surface area contributed by atoms with Crippen molar-refractivity contribution >= 4 is 43.5 Å². The van der Waals surface area contributed by atoms with Crippen LogP contribution < -0.4 is 14.4 Å². The van der Waals surface area contributed by atoms with E-state index in [2.05, 4.69) is 21.2 Å². The first-order chi connectivity index (χ1) is 18.1. The van der Waals surface area contributed by atoms with Crippen LogP contribution in [0.5, 0.6) is 11.5 Å². The first-order valence-corrected chi connectivity index (χ1v) is 14.8. The zero-order valence-corrected chi connectivity index (χ0v) is 24.0.